The summed E-state index contributed by atoms with van der Waals surface area (Å²) in [5.74, 6) is -0.585. The van der Waals surface area contributed by atoms with Crippen LogP contribution in [0.4, 0.5) is 10.1 Å². The van der Waals surface area contributed by atoms with E-state index in [1.165, 1.54) is 40.7 Å². The summed E-state index contributed by atoms with van der Waals surface area (Å²) in [5.41, 5.74) is 1.14. The molecule has 1 fully saturated rings. The minimum atomic E-state index is -3.58. The van der Waals surface area contributed by atoms with Gasteiger partial charge in [0.15, 0.2) is 0 Å². The third-order valence-corrected chi connectivity index (χ3v) is 5.90. The molecule has 0 bridgehead atoms. The number of halogens is 1. The van der Waals surface area contributed by atoms with Gasteiger partial charge in [-0.25, -0.2) is 12.8 Å². The van der Waals surface area contributed by atoms with Gasteiger partial charge >= 0.3 is 0 Å². The molecule has 132 valence electrons. The molecule has 2 aromatic rings. The molecule has 0 aliphatic heterocycles. The van der Waals surface area contributed by atoms with E-state index in [1.54, 1.807) is 12.1 Å². The van der Waals surface area contributed by atoms with E-state index in [0.29, 0.717) is 5.56 Å². The topological polar surface area (TPSA) is 80.5 Å². The molecule has 0 unspecified atom stereocenters. The Labute approximate surface area is 145 Å². The van der Waals surface area contributed by atoms with Crippen molar-refractivity contribution in [3.8, 4) is 0 Å². The van der Waals surface area contributed by atoms with E-state index in [4.69, 9.17) is 0 Å². The Balaban J connectivity index is 1.77. The molecule has 0 radical (unpaired) electrons. The van der Waals surface area contributed by atoms with Crippen LogP contribution in [-0.4, -0.2) is 23.7 Å². The molecule has 0 spiro atoms. The molecule has 0 aromatic heterocycles. The van der Waals surface area contributed by atoms with Gasteiger partial charge in [-0.2, -0.15) is 4.31 Å². The smallest absolute Gasteiger partial charge is 0.258 e. The minimum absolute atomic E-state index is 0.0342. The predicted molar refractivity (Wildman–Crippen MR) is 90.7 cm³/mol. The van der Waals surface area contributed by atoms with Crippen molar-refractivity contribution in [1.82, 2.24) is 4.31 Å². The first-order chi connectivity index (χ1) is 11.8. The predicted octanol–water partition coefficient (Wildman–Crippen LogP) is 3.23. The highest BCUT2D eigenvalue weighted by Crippen LogP contribution is 2.32. The van der Waals surface area contributed by atoms with Gasteiger partial charge in [0.2, 0.25) is 10.0 Å². The molecule has 1 aliphatic rings. The average Bonchev–Trinajstić information content (AvgIpc) is 3.39. The van der Waals surface area contributed by atoms with Gasteiger partial charge in [-0.3, -0.25) is 10.1 Å². The minimum Gasteiger partial charge on any atom is -0.258 e. The van der Waals surface area contributed by atoms with Gasteiger partial charge in [-0.1, -0.05) is 24.3 Å². The average molecular weight is 364 g/mol. The Hall–Kier alpha value is -2.32. The van der Waals surface area contributed by atoms with Crippen LogP contribution in [0.3, 0.4) is 0 Å². The summed E-state index contributed by atoms with van der Waals surface area (Å²) in [6, 6.07) is 11.2. The quantitative estimate of drug-likeness (QED) is 0.558. The van der Waals surface area contributed by atoms with E-state index in [0.717, 1.165) is 18.4 Å². The first kappa shape index (κ1) is 17.5. The standard InChI is InChI=1S/C17H17FN2O4S/c18-15-5-1-13(2-6-15)11-19(16-9-10-16)25(23,24)12-14-3-7-17(8-4-14)20(21)22/h1-8,16H,9-12H2. The summed E-state index contributed by atoms with van der Waals surface area (Å²) in [7, 11) is -3.58. The molecule has 1 aliphatic carbocycles. The number of benzene rings is 2. The Bertz CT molecular complexity index is 863. The van der Waals surface area contributed by atoms with Crippen LogP contribution in [-0.2, 0) is 22.3 Å². The van der Waals surface area contributed by atoms with E-state index in [-0.39, 0.29) is 29.8 Å². The van der Waals surface area contributed by atoms with Crippen LogP contribution >= 0.6 is 0 Å². The molecule has 6 nitrogen and oxygen atoms in total. The number of rotatable bonds is 7. The van der Waals surface area contributed by atoms with E-state index < -0.39 is 14.9 Å². The molecule has 25 heavy (non-hydrogen) atoms. The van der Waals surface area contributed by atoms with Gasteiger partial charge in [-0.05, 0) is 36.1 Å². The Kier molecular flexibility index (Phi) is 4.82. The lowest BCUT2D eigenvalue weighted by Gasteiger charge is -2.22. The van der Waals surface area contributed by atoms with Crippen LogP contribution in [0, 0.1) is 15.9 Å². The van der Waals surface area contributed by atoms with Gasteiger partial charge in [0.25, 0.3) is 5.69 Å². The van der Waals surface area contributed by atoms with Crippen molar-refractivity contribution >= 4 is 15.7 Å². The Morgan fingerprint density at radius 1 is 1.04 bits per heavy atom. The molecule has 0 amide bonds. The van der Waals surface area contributed by atoms with Gasteiger partial charge in [-0.15, -0.1) is 0 Å². The van der Waals surface area contributed by atoms with Crippen molar-refractivity contribution in [3.63, 3.8) is 0 Å². The number of hydrogen-bond donors (Lipinski definition) is 0. The van der Waals surface area contributed by atoms with Crippen LogP contribution in [0.2, 0.25) is 0 Å². The Morgan fingerprint density at radius 2 is 1.60 bits per heavy atom. The van der Waals surface area contributed by atoms with Crippen LogP contribution in [0.15, 0.2) is 48.5 Å². The third-order valence-electron chi connectivity index (χ3n) is 4.06. The van der Waals surface area contributed by atoms with E-state index in [2.05, 4.69) is 0 Å². The summed E-state index contributed by atoms with van der Waals surface area (Å²) < 4.78 is 40.1. The first-order valence-corrected chi connectivity index (χ1v) is 9.43. The van der Waals surface area contributed by atoms with Gasteiger partial charge in [0, 0.05) is 24.7 Å². The lowest BCUT2D eigenvalue weighted by atomic mass is 10.2. The number of nitro groups is 1. The second-order valence-corrected chi connectivity index (χ2v) is 8.00. The zero-order valence-corrected chi connectivity index (χ0v) is 14.2. The first-order valence-electron chi connectivity index (χ1n) is 7.82. The summed E-state index contributed by atoms with van der Waals surface area (Å²) in [4.78, 5) is 10.2. The molecule has 2 aromatic carbocycles. The number of non-ortho nitro benzene ring substituents is 1. The highest BCUT2D eigenvalue weighted by molar-refractivity contribution is 7.88. The fourth-order valence-electron chi connectivity index (χ4n) is 2.59. The van der Waals surface area contributed by atoms with E-state index >= 15 is 0 Å². The number of nitro benzene ring substituents is 1. The number of sulfonamides is 1. The monoisotopic (exact) mass is 364 g/mol. The second kappa shape index (κ2) is 6.89. The largest absolute Gasteiger partial charge is 0.269 e. The maximum Gasteiger partial charge on any atom is 0.269 e. The normalized spacial score (nSPS) is 14.6. The summed E-state index contributed by atoms with van der Waals surface area (Å²) in [5, 5.41) is 10.7. The van der Waals surface area contributed by atoms with Crippen LogP contribution < -0.4 is 0 Å². The molecule has 3 rings (SSSR count). The molecule has 0 saturated heterocycles. The zero-order chi connectivity index (χ0) is 18.0. The van der Waals surface area contributed by atoms with Crippen LogP contribution in [0.25, 0.3) is 0 Å². The molecule has 8 heteroatoms. The molecule has 0 heterocycles. The number of hydrogen-bond acceptors (Lipinski definition) is 4. The summed E-state index contributed by atoms with van der Waals surface area (Å²) >= 11 is 0. The summed E-state index contributed by atoms with van der Waals surface area (Å²) in [6.45, 7) is 0.195. The van der Waals surface area contributed by atoms with Crippen molar-refractivity contribution < 1.29 is 17.7 Å². The number of nitrogens with zero attached hydrogens (tertiary/aromatic N) is 2. The third kappa shape index (κ3) is 4.40. The fourth-order valence-corrected chi connectivity index (χ4v) is 4.38. The SMILES string of the molecule is O=[N+]([O-])c1ccc(CS(=O)(=O)N(Cc2ccc(F)cc2)C2CC2)cc1. The molecule has 1 saturated carbocycles. The van der Waals surface area contributed by atoms with E-state index in [9.17, 15) is 22.9 Å². The van der Waals surface area contributed by atoms with Crippen molar-refractivity contribution in [1.29, 1.82) is 0 Å². The van der Waals surface area contributed by atoms with Crippen LogP contribution in [0.1, 0.15) is 24.0 Å². The fraction of sp³-hybridized carbons (Fsp3) is 0.294. The van der Waals surface area contributed by atoms with Crippen molar-refractivity contribution in [2.75, 3.05) is 0 Å². The zero-order valence-electron chi connectivity index (χ0n) is 13.3. The second-order valence-electron chi connectivity index (χ2n) is 6.08. The summed E-state index contributed by atoms with van der Waals surface area (Å²) in [6.07, 6.45) is 1.61. The highest BCUT2D eigenvalue weighted by Gasteiger charge is 2.37. The van der Waals surface area contributed by atoms with Crippen molar-refractivity contribution in [2.24, 2.45) is 0 Å². The van der Waals surface area contributed by atoms with Crippen LogP contribution in [0.5, 0.6) is 0 Å². The van der Waals surface area contributed by atoms with Gasteiger partial charge in [0.05, 0.1) is 10.7 Å². The Morgan fingerprint density at radius 3 is 2.12 bits per heavy atom. The maximum atomic E-state index is 13.0. The van der Waals surface area contributed by atoms with Gasteiger partial charge < -0.3 is 0 Å². The molecular weight excluding hydrogens is 347 g/mol. The molecular formula is C17H17FN2O4S. The van der Waals surface area contributed by atoms with Crippen molar-refractivity contribution in [2.45, 2.75) is 31.2 Å². The highest BCUT2D eigenvalue weighted by atomic mass is 32.2. The van der Waals surface area contributed by atoms with Gasteiger partial charge in [0.1, 0.15) is 5.82 Å². The lowest BCUT2D eigenvalue weighted by Crippen LogP contribution is -2.33. The maximum absolute atomic E-state index is 13.0. The molecule has 0 N–H and O–H groups in total. The lowest BCUT2D eigenvalue weighted by molar-refractivity contribution is -0.384. The molecule has 0 atom stereocenters. The van der Waals surface area contributed by atoms with E-state index in [1.807, 2.05) is 0 Å². The van der Waals surface area contributed by atoms with Crippen molar-refractivity contribution in [3.05, 3.63) is 75.6 Å².